The van der Waals surface area contributed by atoms with E-state index in [-0.39, 0.29) is 29.2 Å². The number of hydrogen-bond donors (Lipinski definition) is 0. The van der Waals surface area contributed by atoms with Gasteiger partial charge in [0.1, 0.15) is 5.75 Å². The number of sulfonamides is 1. The molecule has 3 aromatic carbocycles. The average Bonchev–Trinajstić information content (AvgIpc) is 2.84. The Morgan fingerprint density at radius 2 is 1.64 bits per heavy atom. The van der Waals surface area contributed by atoms with Gasteiger partial charge in [-0.3, -0.25) is 18.5 Å². The Kier molecular flexibility index (Phi) is 6.23. The minimum atomic E-state index is -3.70. The largest absolute Gasteiger partial charge is 0.426 e. The van der Waals surface area contributed by atoms with Gasteiger partial charge in [0.25, 0.3) is 15.6 Å². The molecule has 1 aromatic heterocycles. The topological polar surface area (TPSA) is 98.6 Å². The molecule has 0 aliphatic heterocycles. The molecule has 168 valence electrons. The van der Waals surface area contributed by atoms with Gasteiger partial charge in [-0.25, -0.2) is 13.4 Å². The molecule has 0 aliphatic rings. The standard InChI is InChI=1S/C24H21N3O5S/c1-26(33(30,31)20-7-3-2-4-8-20)18-11-13-19(14-12-18)32-23(28)15-16-27-17-25-22-10-6-5-9-21(22)24(27)29/h2-14,17H,15-16H2,1H3. The molecule has 0 unspecified atom stereocenters. The number of hydrogen-bond acceptors (Lipinski definition) is 6. The average molecular weight is 464 g/mol. The normalized spacial score (nSPS) is 11.3. The number of rotatable bonds is 7. The third-order valence-corrected chi connectivity index (χ3v) is 6.92. The minimum Gasteiger partial charge on any atom is -0.426 e. The van der Waals surface area contributed by atoms with Gasteiger partial charge in [0.05, 0.1) is 34.2 Å². The highest BCUT2D eigenvalue weighted by Crippen LogP contribution is 2.24. The van der Waals surface area contributed by atoms with E-state index in [2.05, 4.69) is 4.98 Å². The summed E-state index contributed by atoms with van der Waals surface area (Å²) in [6, 6.07) is 21.3. The van der Waals surface area contributed by atoms with E-state index in [4.69, 9.17) is 4.74 Å². The summed E-state index contributed by atoms with van der Waals surface area (Å²) < 4.78 is 33.3. The summed E-state index contributed by atoms with van der Waals surface area (Å²) in [5, 5.41) is 0.485. The van der Waals surface area contributed by atoms with Crippen LogP contribution in [0.4, 0.5) is 5.69 Å². The zero-order valence-corrected chi connectivity index (χ0v) is 18.6. The Bertz CT molecular complexity index is 1450. The van der Waals surface area contributed by atoms with E-state index in [1.807, 2.05) is 0 Å². The molecule has 0 saturated carbocycles. The number of esters is 1. The summed E-state index contributed by atoms with van der Waals surface area (Å²) in [7, 11) is -2.24. The molecule has 4 aromatic rings. The van der Waals surface area contributed by atoms with Crippen LogP contribution in [0.25, 0.3) is 10.9 Å². The smallest absolute Gasteiger partial charge is 0.312 e. The second-order valence-electron chi connectivity index (χ2n) is 7.26. The fraction of sp³-hybridized carbons (Fsp3) is 0.125. The molecule has 0 saturated heterocycles. The highest BCUT2D eigenvalue weighted by molar-refractivity contribution is 7.92. The Balaban J connectivity index is 1.39. The van der Waals surface area contributed by atoms with E-state index >= 15 is 0 Å². The maximum atomic E-state index is 12.7. The van der Waals surface area contributed by atoms with Crippen LogP contribution in [0.3, 0.4) is 0 Å². The van der Waals surface area contributed by atoms with Crippen LogP contribution >= 0.6 is 0 Å². The molecule has 0 amide bonds. The summed E-state index contributed by atoms with van der Waals surface area (Å²) >= 11 is 0. The highest BCUT2D eigenvalue weighted by atomic mass is 32.2. The van der Waals surface area contributed by atoms with Gasteiger partial charge in [0, 0.05) is 13.6 Å². The molecule has 0 bridgehead atoms. The summed E-state index contributed by atoms with van der Waals surface area (Å²) in [6.45, 7) is 0.131. The molecule has 0 radical (unpaired) electrons. The molecule has 0 aliphatic carbocycles. The second-order valence-corrected chi connectivity index (χ2v) is 9.23. The van der Waals surface area contributed by atoms with Crippen molar-refractivity contribution in [2.75, 3.05) is 11.4 Å². The minimum absolute atomic E-state index is 0.0238. The van der Waals surface area contributed by atoms with E-state index in [1.165, 1.54) is 42.2 Å². The molecule has 8 nitrogen and oxygen atoms in total. The van der Waals surface area contributed by atoms with Crippen molar-refractivity contribution in [3.05, 3.63) is 95.5 Å². The van der Waals surface area contributed by atoms with Crippen molar-refractivity contribution in [2.45, 2.75) is 17.9 Å². The first kappa shape index (κ1) is 22.2. The zero-order valence-electron chi connectivity index (χ0n) is 17.8. The lowest BCUT2D eigenvalue weighted by atomic mass is 10.2. The second kappa shape index (κ2) is 9.25. The Morgan fingerprint density at radius 3 is 2.36 bits per heavy atom. The van der Waals surface area contributed by atoms with E-state index in [1.54, 1.807) is 54.6 Å². The summed E-state index contributed by atoms with van der Waals surface area (Å²) in [5.74, 6) is -0.244. The van der Waals surface area contributed by atoms with E-state index < -0.39 is 16.0 Å². The molecular formula is C24H21N3O5S. The molecule has 1 heterocycles. The van der Waals surface area contributed by atoms with Crippen molar-refractivity contribution in [1.29, 1.82) is 0 Å². The molecule has 0 N–H and O–H groups in total. The highest BCUT2D eigenvalue weighted by Gasteiger charge is 2.21. The van der Waals surface area contributed by atoms with E-state index in [0.717, 1.165) is 4.31 Å². The third kappa shape index (κ3) is 4.78. The van der Waals surface area contributed by atoms with Crippen LogP contribution in [0.1, 0.15) is 6.42 Å². The number of ether oxygens (including phenoxy) is 1. The van der Waals surface area contributed by atoms with Gasteiger partial charge in [-0.1, -0.05) is 30.3 Å². The fourth-order valence-electron chi connectivity index (χ4n) is 3.27. The number of para-hydroxylation sites is 1. The maximum absolute atomic E-state index is 12.7. The van der Waals surface area contributed by atoms with Crippen molar-refractivity contribution in [3.8, 4) is 5.75 Å². The lowest BCUT2D eigenvalue weighted by molar-refractivity contribution is -0.134. The molecule has 0 spiro atoms. The lowest BCUT2D eigenvalue weighted by Crippen LogP contribution is -2.26. The van der Waals surface area contributed by atoms with Crippen LogP contribution in [0, 0.1) is 0 Å². The van der Waals surface area contributed by atoms with Crippen molar-refractivity contribution in [3.63, 3.8) is 0 Å². The number of carbonyl (C=O) groups is 1. The number of anilines is 1. The Hall–Kier alpha value is -3.98. The predicted molar refractivity (Wildman–Crippen MR) is 125 cm³/mol. The summed E-state index contributed by atoms with van der Waals surface area (Å²) in [6.07, 6.45) is 1.39. The van der Waals surface area contributed by atoms with Gasteiger partial charge in [-0.15, -0.1) is 0 Å². The Labute approximate surface area is 190 Å². The van der Waals surface area contributed by atoms with Gasteiger partial charge in [-0.05, 0) is 48.5 Å². The lowest BCUT2D eigenvalue weighted by Gasteiger charge is -2.19. The number of fused-ring (bicyclic) bond motifs is 1. The first-order valence-electron chi connectivity index (χ1n) is 10.2. The number of carbonyl (C=O) groups excluding carboxylic acids is 1. The molecular weight excluding hydrogens is 442 g/mol. The summed E-state index contributed by atoms with van der Waals surface area (Å²) in [4.78, 5) is 29.2. The van der Waals surface area contributed by atoms with Gasteiger partial charge >= 0.3 is 5.97 Å². The third-order valence-electron chi connectivity index (χ3n) is 5.12. The molecule has 4 rings (SSSR count). The van der Waals surface area contributed by atoms with Crippen LogP contribution in [-0.2, 0) is 21.4 Å². The van der Waals surface area contributed by atoms with Gasteiger partial charge in [0.2, 0.25) is 0 Å². The van der Waals surface area contributed by atoms with Crippen LogP contribution < -0.4 is 14.6 Å². The monoisotopic (exact) mass is 463 g/mol. The predicted octanol–water partition coefficient (Wildman–Crippen LogP) is 3.22. The number of aryl methyl sites for hydroxylation is 1. The van der Waals surface area contributed by atoms with Crippen molar-refractivity contribution in [2.24, 2.45) is 0 Å². The van der Waals surface area contributed by atoms with E-state index in [9.17, 15) is 18.0 Å². The SMILES string of the molecule is CN(c1ccc(OC(=O)CCn2cnc3ccccc3c2=O)cc1)S(=O)(=O)c1ccccc1. The van der Waals surface area contributed by atoms with Crippen molar-refractivity contribution < 1.29 is 17.9 Å². The molecule has 9 heteroatoms. The van der Waals surface area contributed by atoms with Gasteiger partial charge < -0.3 is 4.74 Å². The van der Waals surface area contributed by atoms with Gasteiger partial charge in [0.15, 0.2) is 0 Å². The first-order valence-corrected chi connectivity index (χ1v) is 11.6. The fourth-order valence-corrected chi connectivity index (χ4v) is 4.49. The zero-order chi connectivity index (χ0) is 23.4. The van der Waals surface area contributed by atoms with Crippen LogP contribution in [0.2, 0.25) is 0 Å². The number of nitrogens with zero attached hydrogens (tertiary/aromatic N) is 3. The molecule has 0 atom stereocenters. The summed E-state index contributed by atoms with van der Waals surface area (Å²) in [5.41, 5.74) is 0.800. The van der Waals surface area contributed by atoms with E-state index in [0.29, 0.717) is 16.6 Å². The first-order chi connectivity index (χ1) is 15.9. The van der Waals surface area contributed by atoms with Crippen LogP contribution in [0.15, 0.2) is 94.9 Å². The molecule has 0 fully saturated rings. The number of aromatic nitrogens is 2. The number of benzene rings is 3. The van der Waals surface area contributed by atoms with Crippen LogP contribution in [0.5, 0.6) is 5.75 Å². The maximum Gasteiger partial charge on any atom is 0.312 e. The van der Waals surface area contributed by atoms with Gasteiger partial charge in [-0.2, -0.15) is 0 Å². The van der Waals surface area contributed by atoms with Crippen molar-refractivity contribution >= 4 is 32.6 Å². The molecule has 33 heavy (non-hydrogen) atoms. The van der Waals surface area contributed by atoms with Crippen molar-refractivity contribution in [1.82, 2.24) is 9.55 Å². The Morgan fingerprint density at radius 1 is 0.970 bits per heavy atom. The van der Waals surface area contributed by atoms with Crippen LogP contribution in [-0.4, -0.2) is 31.0 Å². The quantitative estimate of drug-likeness (QED) is 0.308.